The molecule has 0 saturated carbocycles. The smallest absolute Gasteiger partial charge is 0.225 e. The van der Waals surface area contributed by atoms with Crippen LogP contribution in [0.2, 0.25) is 0 Å². The van der Waals surface area contributed by atoms with Crippen LogP contribution in [0, 0.1) is 11.3 Å². The summed E-state index contributed by atoms with van der Waals surface area (Å²) in [6.45, 7) is 1.58. The van der Waals surface area contributed by atoms with Gasteiger partial charge in [0.15, 0.2) is 0 Å². The summed E-state index contributed by atoms with van der Waals surface area (Å²) in [6.07, 6.45) is 1.02. The molecule has 1 atom stereocenters. The van der Waals surface area contributed by atoms with E-state index in [0.717, 1.165) is 6.21 Å². The number of carbonyl (C=O) groups excluding carboxylic acids is 1. The Bertz CT molecular complexity index is 89.7. The highest BCUT2D eigenvalue weighted by Crippen LogP contribution is 1.82. The molecule has 0 bridgehead atoms. The molecule has 3 nitrogen and oxygen atoms in total. The zero-order valence-corrected chi connectivity index (χ0v) is 4.14. The quantitative estimate of drug-likeness (QED) is 0.462. The first-order valence-corrected chi connectivity index (χ1v) is 1.98. The minimum atomic E-state index is -0.449. The normalized spacial score (nSPS) is 12.7. The summed E-state index contributed by atoms with van der Waals surface area (Å²) in [4.78, 5) is 10.0. The molecule has 0 aliphatic rings. The highest BCUT2D eigenvalue weighted by atomic mass is 16.1. The van der Waals surface area contributed by atoms with Crippen LogP contribution in [-0.4, -0.2) is 12.1 Å². The fourth-order valence-corrected chi connectivity index (χ4v) is 0.0821. The van der Waals surface area contributed by atoms with Gasteiger partial charge in [0.25, 0.3) is 0 Å². The Kier molecular flexibility index (Phi) is 2.05. The summed E-state index contributed by atoms with van der Waals surface area (Å²) in [5.41, 5.74) is 4.76. The number of nitrogens with one attached hydrogen (secondary N) is 1. The lowest BCUT2D eigenvalue weighted by Crippen LogP contribution is -2.20. The Morgan fingerprint density at radius 1 is 2.00 bits per heavy atom. The second-order valence-corrected chi connectivity index (χ2v) is 1.36. The predicted molar refractivity (Wildman–Crippen MR) is 27.1 cm³/mol. The van der Waals surface area contributed by atoms with Gasteiger partial charge in [-0.2, -0.15) is 0 Å². The summed E-state index contributed by atoms with van der Waals surface area (Å²) in [7, 11) is 0. The number of nitrogens with two attached hydrogens (primary N) is 1. The van der Waals surface area contributed by atoms with Gasteiger partial charge in [0.2, 0.25) is 5.91 Å². The van der Waals surface area contributed by atoms with E-state index in [-0.39, 0.29) is 0 Å². The Hall–Kier alpha value is -0.860. The van der Waals surface area contributed by atoms with E-state index in [1.54, 1.807) is 6.92 Å². The summed E-state index contributed by atoms with van der Waals surface area (Å²) >= 11 is 0. The van der Waals surface area contributed by atoms with Crippen LogP contribution >= 0.6 is 0 Å². The number of rotatable bonds is 2. The molecule has 0 unspecified atom stereocenters. The first-order valence-electron chi connectivity index (χ1n) is 1.98. The molecule has 0 aromatic rings. The van der Waals surface area contributed by atoms with Crippen molar-refractivity contribution >= 4 is 12.1 Å². The predicted octanol–water partition coefficient (Wildman–Crippen LogP) is -0.243. The van der Waals surface area contributed by atoms with Crippen LogP contribution in [0.25, 0.3) is 0 Å². The summed E-state index contributed by atoms with van der Waals surface area (Å²) in [5, 5.41) is 6.51. The number of primary amides is 1. The van der Waals surface area contributed by atoms with E-state index in [0.29, 0.717) is 0 Å². The maximum absolute atomic E-state index is 10.0. The first kappa shape index (κ1) is 6.14. The third-order valence-corrected chi connectivity index (χ3v) is 0.699. The average molecular weight is 100 g/mol. The Balaban J connectivity index is 3.55. The standard InChI is InChI=1S/C4H8N2O/c1-3(2-5)4(6)7/h2-3,5H,1H3,(H2,6,7)/t3-/m0/s1. The largest absolute Gasteiger partial charge is 0.369 e. The van der Waals surface area contributed by atoms with E-state index >= 15 is 0 Å². The van der Waals surface area contributed by atoms with Gasteiger partial charge in [-0.15, -0.1) is 0 Å². The van der Waals surface area contributed by atoms with Gasteiger partial charge >= 0.3 is 0 Å². The van der Waals surface area contributed by atoms with E-state index in [4.69, 9.17) is 11.1 Å². The van der Waals surface area contributed by atoms with Crippen LogP contribution in [0.4, 0.5) is 0 Å². The number of carbonyl (C=O) groups is 1. The molecule has 3 N–H and O–H groups in total. The third-order valence-electron chi connectivity index (χ3n) is 0.699. The van der Waals surface area contributed by atoms with Crippen molar-refractivity contribution in [3.8, 4) is 0 Å². The second-order valence-electron chi connectivity index (χ2n) is 1.36. The van der Waals surface area contributed by atoms with E-state index in [2.05, 4.69) is 0 Å². The van der Waals surface area contributed by atoms with Gasteiger partial charge in [-0.25, -0.2) is 0 Å². The summed E-state index contributed by atoms with van der Waals surface area (Å²) in [5.74, 6) is -0.866. The molecule has 0 radical (unpaired) electrons. The Morgan fingerprint density at radius 2 is 2.43 bits per heavy atom. The van der Waals surface area contributed by atoms with Gasteiger partial charge in [0, 0.05) is 6.21 Å². The zero-order chi connectivity index (χ0) is 5.86. The molecule has 0 aliphatic heterocycles. The lowest BCUT2D eigenvalue weighted by Gasteiger charge is -1.92. The van der Waals surface area contributed by atoms with Gasteiger partial charge < -0.3 is 11.1 Å². The van der Waals surface area contributed by atoms with Crippen molar-refractivity contribution in [2.24, 2.45) is 11.7 Å². The first-order chi connectivity index (χ1) is 3.18. The van der Waals surface area contributed by atoms with Gasteiger partial charge in [0.05, 0.1) is 5.92 Å². The van der Waals surface area contributed by atoms with Gasteiger partial charge in [0.1, 0.15) is 0 Å². The zero-order valence-electron chi connectivity index (χ0n) is 4.14. The molecule has 0 spiro atoms. The molecule has 40 valence electrons. The second kappa shape index (κ2) is 2.34. The molecule has 0 fully saturated rings. The molecular weight excluding hydrogens is 92.1 g/mol. The maximum atomic E-state index is 10.0. The van der Waals surface area contributed by atoms with Crippen LogP contribution in [0.1, 0.15) is 6.92 Å². The van der Waals surface area contributed by atoms with E-state index in [9.17, 15) is 4.79 Å². The molecule has 0 saturated heterocycles. The lowest BCUT2D eigenvalue weighted by molar-refractivity contribution is -0.119. The number of amides is 1. The fraction of sp³-hybridized carbons (Fsp3) is 0.500. The molecule has 0 aromatic carbocycles. The van der Waals surface area contributed by atoms with Crippen LogP contribution in [0.15, 0.2) is 0 Å². The van der Waals surface area contributed by atoms with Gasteiger partial charge in [-0.1, -0.05) is 0 Å². The summed E-state index contributed by atoms with van der Waals surface area (Å²) < 4.78 is 0. The van der Waals surface area contributed by atoms with Crippen LogP contribution in [0.5, 0.6) is 0 Å². The van der Waals surface area contributed by atoms with Crippen LogP contribution in [-0.2, 0) is 4.79 Å². The molecule has 1 amide bonds. The van der Waals surface area contributed by atoms with E-state index in [1.165, 1.54) is 0 Å². The number of hydrogen-bond acceptors (Lipinski definition) is 2. The molecule has 3 heteroatoms. The van der Waals surface area contributed by atoms with Crippen molar-refractivity contribution in [3.63, 3.8) is 0 Å². The van der Waals surface area contributed by atoms with Crippen molar-refractivity contribution in [2.45, 2.75) is 6.92 Å². The van der Waals surface area contributed by atoms with Crippen molar-refractivity contribution < 1.29 is 4.79 Å². The van der Waals surface area contributed by atoms with E-state index < -0.39 is 11.8 Å². The highest BCUT2D eigenvalue weighted by Gasteiger charge is 2.00. The number of hydrogen-bond donors (Lipinski definition) is 2. The molecular formula is C4H8N2O. The minimum Gasteiger partial charge on any atom is -0.369 e. The van der Waals surface area contributed by atoms with Crippen molar-refractivity contribution in [2.75, 3.05) is 0 Å². The highest BCUT2D eigenvalue weighted by molar-refractivity contribution is 5.90. The van der Waals surface area contributed by atoms with E-state index in [1.807, 2.05) is 0 Å². The van der Waals surface area contributed by atoms with Crippen molar-refractivity contribution in [3.05, 3.63) is 0 Å². The monoisotopic (exact) mass is 100 g/mol. The fourth-order valence-electron chi connectivity index (χ4n) is 0.0821. The molecule has 7 heavy (non-hydrogen) atoms. The molecule has 0 heterocycles. The lowest BCUT2D eigenvalue weighted by atomic mass is 10.2. The van der Waals surface area contributed by atoms with Gasteiger partial charge in [-0.05, 0) is 6.92 Å². The molecule has 0 rings (SSSR count). The third kappa shape index (κ3) is 1.92. The topological polar surface area (TPSA) is 66.9 Å². The Morgan fingerprint density at radius 3 is 2.43 bits per heavy atom. The van der Waals surface area contributed by atoms with Crippen LogP contribution in [0.3, 0.4) is 0 Å². The van der Waals surface area contributed by atoms with Crippen LogP contribution < -0.4 is 5.73 Å². The SMILES string of the molecule is C[C@@H](C=N)C(N)=O. The molecule has 0 aliphatic carbocycles. The molecule has 0 aromatic heterocycles. The van der Waals surface area contributed by atoms with Gasteiger partial charge in [-0.3, -0.25) is 4.79 Å². The maximum Gasteiger partial charge on any atom is 0.225 e. The van der Waals surface area contributed by atoms with Crippen molar-refractivity contribution in [1.82, 2.24) is 0 Å². The Labute approximate surface area is 42.0 Å². The average Bonchev–Trinajstić information content (AvgIpc) is 1.65. The minimum absolute atomic E-state index is 0.417. The summed E-state index contributed by atoms with van der Waals surface area (Å²) in [6, 6.07) is 0. The van der Waals surface area contributed by atoms with Crippen molar-refractivity contribution in [1.29, 1.82) is 5.41 Å².